The molecular weight excluding hydrogens is 388 g/mol. The molecule has 2 aromatic rings. The van der Waals surface area contributed by atoms with E-state index >= 15 is 0 Å². The van der Waals surface area contributed by atoms with Crippen LogP contribution in [0.1, 0.15) is 34.8 Å². The van der Waals surface area contributed by atoms with Crippen LogP contribution in [0.3, 0.4) is 0 Å². The average Bonchev–Trinajstić information content (AvgIpc) is 2.91. The number of rotatable bonds is 6. The topological polar surface area (TPSA) is 94.8 Å². The van der Waals surface area contributed by atoms with Gasteiger partial charge in [-0.2, -0.15) is 4.99 Å². The Balaban J connectivity index is 2.22. The molecule has 0 aliphatic heterocycles. The lowest BCUT2D eigenvalue weighted by Gasteiger charge is -2.02. The van der Waals surface area contributed by atoms with Crippen molar-refractivity contribution in [3.8, 4) is 0 Å². The first-order valence-electron chi connectivity index (χ1n) is 8.42. The van der Waals surface area contributed by atoms with E-state index < -0.39 is 15.8 Å². The molecule has 9 heteroatoms. The van der Waals surface area contributed by atoms with Crippen molar-refractivity contribution in [3.05, 3.63) is 45.2 Å². The molecule has 146 valence electrons. The summed E-state index contributed by atoms with van der Waals surface area (Å²) in [5, 5.41) is 0. The van der Waals surface area contributed by atoms with Crippen LogP contribution in [0, 0.1) is 6.92 Å². The van der Waals surface area contributed by atoms with Gasteiger partial charge in [-0.1, -0.05) is 30.4 Å². The summed E-state index contributed by atoms with van der Waals surface area (Å²) in [7, 11) is -1.54. The number of esters is 1. The Morgan fingerprint density at radius 3 is 2.37 bits per heavy atom. The molecule has 0 N–H and O–H groups in total. The number of thiazole rings is 1. The highest BCUT2D eigenvalue weighted by Crippen LogP contribution is 2.14. The number of hydrogen-bond donors (Lipinski definition) is 0. The molecule has 0 radical (unpaired) electrons. The standard InChI is InChI=1S/C18H22N2O5S2/c1-5-25-17(22)16-12(3)20(4)18(26-16)19-15(21)11-13-7-9-14(10-8-13)27(23,24)6-2/h7-10H,5-6,11H2,1-4H3. The van der Waals surface area contributed by atoms with Crippen LogP contribution in [-0.2, 0) is 32.8 Å². The van der Waals surface area contributed by atoms with E-state index in [4.69, 9.17) is 4.74 Å². The highest BCUT2D eigenvalue weighted by Gasteiger charge is 2.17. The number of carbonyl (C=O) groups is 2. The van der Waals surface area contributed by atoms with E-state index in [1.807, 2.05) is 0 Å². The average molecular weight is 411 g/mol. The third-order valence-electron chi connectivity index (χ3n) is 4.01. The van der Waals surface area contributed by atoms with Crippen LogP contribution >= 0.6 is 11.3 Å². The van der Waals surface area contributed by atoms with Crippen LogP contribution in [0.15, 0.2) is 34.2 Å². The number of aromatic nitrogens is 1. The predicted molar refractivity (Wildman–Crippen MR) is 102 cm³/mol. The molecule has 0 atom stereocenters. The smallest absolute Gasteiger partial charge is 0.350 e. The summed E-state index contributed by atoms with van der Waals surface area (Å²) < 4.78 is 30.3. The zero-order valence-electron chi connectivity index (χ0n) is 15.7. The van der Waals surface area contributed by atoms with Gasteiger partial charge < -0.3 is 9.30 Å². The first-order valence-corrected chi connectivity index (χ1v) is 10.9. The first-order chi connectivity index (χ1) is 12.7. The van der Waals surface area contributed by atoms with Crippen LogP contribution in [0.25, 0.3) is 0 Å². The van der Waals surface area contributed by atoms with E-state index in [0.717, 1.165) is 11.3 Å². The van der Waals surface area contributed by atoms with E-state index in [1.165, 1.54) is 12.1 Å². The third-order valence-corrected chi connectivity index (χ3v) is 6.98. The second kappa shape index (κ2) is 8.62. The largest absolute Gasteiger partial charge is 0.462 e. The maximum atomic E-state index is 12.3. The fraction of sp³-hybridized carbons (Fsp3) is 0.389. The summed E-state index contributed by atoms with van der Waals surface area (Å²) in [5.41, 5.74) is 1.35. The Labute approximate surface area is 162 Å². The predicted octanol–water partition coefficient (Wildman–Crippen LogP) is 2.04. The molecule has 0 saturated heterocycles. The molecule has 0 fully saturated rings. The number of carbonyl (C=O) groups excluding carboxylic acids is 2. The van der Waals surface area contributed by atoms with Crippen molar-refractivity contribution < 1.29 is 22.7 Å². The number of hydrogen-bond acceptors (Lipinski definition) is 6. The Kier molecular flexibility index (Phi) is 6.72. The van der Waals surface area contributed by atoms with E-state index in [0.29, 0.717) is 20.9 Å². The molecule has 1 heterocycles. The van der Waals surface area contributed by atoms with Crippen LogP contribution in [0.2, 0.25) is 0 Å². The van der Waals surface area contributed by atoms with Crippen molar-refractivity contribution in [1.82, 2.24) is 4.57 Å². The second-order valence-corrected chi connectivity index (χ2v) is 9.06. The Bertz CT molecular complexity index is 1020. The van der Waals surface area contributed by atoms with Crippen LogP contribution < -0.4 is 4.80 Å². The van der Waals surface area contributed by atoms with Gasteiger partial charge in [0.15, 0.2) is 14.6 Å². The van der Waals surface area contributed by atoms with E-state index in [2.05, 4.69) is 4.99 Å². The molecule has 27 heavy (non-hydrogen) atoms. The zero-order valence-corrected chi connectivity index (χ0v) is 17.3. The normalized spacial score (nSPS) is 12.2. The molecule has 0 bridgehead atoms. The molecule has 1 aromatic heterocycles. The summed E-state index contributed by atoms with van der Waals surface area (Å²) in [6.45, 7) is 5.35. The summed E-state index contributed by atoms with van der Waals surface area (Å²) in [6.07, 6.45) is 0.0398. The van der Waals surface area contributed by atoms with Gasteiger partial charge >= 0.3 is 5.97 Å². The highest BCUT2D eigenvalue weighted by atomic mass is 32.2. The summed E-state index contributed by atoms with van der Waals surface area (Å²) in [4.78, 5) is 29.4. The molecule has 1 aromatic carbocycles. The third kappa shape index (κ3) is 4.92. The molecule has 0 aliphatic rings. The molecule has 2 rings (SSSR count). The highest BCUT2D eigenvalue weighted by molar-refractivity contribution is 7.91. The second-order valence-electron chi connectivity index (χ2n) is 5.81. The van der Waals surface area contributed by atoms with Gasteiger partial charge in [0.25, 0.3) is 5.91 Å². The molecule has 0 saturated carbocycles. The van der Waals surface area contributed by atoms with Crippen molar-refractivity contribution in [3.63, 3.8) is 0 Å². The molecule has 0 spiro atoms. The number of ether oxygens (including phenoxy) is 1. The number of benzene rings is 1. The minimum atomic E-state index is -3.27. The maximum Gasteiger partial charge on any atom is 0.350 e. The lowest BCUT2D eigenvalue weighted by molar-refractivity contribution is -0.117. The number of nitrogens with zero attached hydrogens (tertiary/aromatic N) is 2. The van der Waals surface area contributed by atoms with Gasteiger partial charge in [0, 0.05) is 12.7 Å². The van der Waals surface area contributed by atoms with Gasteiger partial charge in [0.05, 0.1) is 23.7 Å². The van der Waals surface area contributed by atoms with Crippen molar-refractivity contribution in [2.75, 3.05) is 12.4 Å². The van der Waals surface area contributed by atoms with E-state index in [-0.39, 0.29) is 29.6 Å². The van der Waals surface area contributed by atoms with Gasteiger partial charge in [0.2, 0.25) is 0 Å². The first kappa shape index (κ1) is 21.0. The molecule has 7 nitrogen and oxygen atoms in total. The molecule has 0 aliphatic carbocycles. The van der Waals surface area contributed by atoms with Gasteiger partial charge in [0.1, 0.15) is 4.88 Å². The maximum absolute atomic E-state index is 12.3. The van der Waals surface area contributed by atoms with Crippen molar-refractivity contribution in [1.29, 1.82) is 0 Å². The Morgan fingerprint density at radius 1 is 1.19 bits per heavy atom. The van der Waals surface area contributed by atoms with E-state index in [1.54, 1.807) is 44.5 Å². The summed E-state index contributed by atoms with van der Waals surface area (Å²) >= 11 is 1.10. The fourth-order valence-corrected chi connectivity index (χ4v) is 4.23. The van der Waals surface area contributed by atoms with Crippen LogP contribution in [-0.4, -0.2) is 37.2 Å². The van der Waals surface area contributed by atoms with Gasteiger partial charge in [-0.15, -0.1) is 0 Å². The summed E-state index contributed by atoms with van der Waals surface area (Å²) in [6, 6.07) is 6.21. The van der Waals surface area contributed by atoms with Crippen molar-refractivity contribution >= 4 is 33.1 Å². The van der Waals surface area contributed by atoms with Gasteiger partial charge in [-0.05, 0) is 31.5 Å². The molecule has 1 amide bonds. The lowest BCUT2D eigenvalue weighted by atomic mass is 10.1. The van der Waals surface area contributed by atoms with Gasteiger partial charge in [-0.25, -0.2) is 13.2 Å². The summed E-state index contributed by atoms with van der Waals surface area (Å²) in [5.74, 6) is -0.789. The Hall–Kier alpha value is -2.26. The monoisotopic (exact) mass is 410 g/mol. The quantitative estimate of drug-likeness (QED) is 0.679. The fourth-order valence-electron chi connectivity index (χ4n) is 2.32. The minimum Gasteiger partial charge on any atom is -0.462 e. The Morgan fingerprint density at radius 2 is 1.81 bits per heavy atom. The number of amides is 1. The molecule has 0 unspecified atom stereocenters. The lowest BCUT2D eigenvalue weighted by Crippen LogP contribution is -2.15. The SMILES string of the molecule is CCOC(=O)c1sc(=NC(=O)Cc2ccc(S(=O)(=O)CC)cc2)n(C)c1C. The van der Waals surface area contributed by atoms with E-state index in [9.17, 15) is 18.0 Å². The molecular formula is C18H22N2O5S2. The van der Waals surface area contributed by atoms with Crippen molar-refractivity contribution in [2.45, 2.75) is 32.1 Å². The van der Waals surface area contributed by atoms with Crippen LogP contribution in [0.5, 0.6) is 0 Å². The zero-order chi connectivity index (χ0) is 20.2. The van der Waals surface area contributed by atoms with Crippen LogP contribution in [0.4, 0.5) is 0 Å². The van der Waals surface area contributed by atoms with Crippen molar-refractivity contribution in [2.24, 2.45) is 12.0 Å². The number of sulfone groups is 1. The van der Waals surface area contributed by atoms with Gasteiger partial charge in [-0.3, -0.25) is 4.79 Å². The minimum absolute atomic E-state index is 0.0254.